The highest BCUT2D eigenvalue weighted by atomic mass is 32.2. The average molecular weight is 415 g/mol. The second kappa shape index (κ2) is 8.26. The van der Waals surface area contributed by atoms with E-state index in [4.69, 9.17) is 0 Å². The van der Waals surface area contributed by atoms with Crippen molar-refractivity contribution in [3.8, 4) is 0 Å². The number of hydrogen-bond donors (Lipinski definition) is 1. The Morgan fingerprint density at radius 3 is 2.47 bits per heavy atom. The molecule has 0 bridgehead atoms. The Labute approximate surface area is 173 Å². The van der Waals surface area contributed by atoms with Crippen LogP contribution in [0.15, 0.2) is 101 Å². The Bertz CT molecular complexity index is 1330. The van der Waals surface area contributed by atoms with Gasteiger partial charge < -0.3 is 5.32 Å². The van der Waals surface area contributed by atoms with Gasteiger partial charge in [-0.15, -0.1) is 0 Å². The lowest BCUT2D eigenvalue weighted by atomic mass is 10.2. The van der Waals surface area contributed by atoms with Gasteiger partial charge in [0, 0.05) is 35.7 Å². The van der Waals surface area contributed by atoms with E-state index in [2.05, 4.69) is 15.3 Å². The lowest BCUT2D eigenvalue weighted by molar-refractivity contribution is -0.111. The molecule has 7 heteroatoms. The number of sulfone groups is 1. The maximum Gasteiger partial charge on any atom is 0.248 e. The minimum atomic E-state index is -3.72. The fraction of sp³-hybridized carbons (Fsp3) is 0. The first-order chi connectivity index (χ1) is 14.5. The van der Waals surface area contributed by atoms with Gasteiger partial charge in [0.05, 0.1) is 15.3 Å². The van der Waals surface area contributed by atoms with Crippen LogP contribution in [0.5, 0.6) is 0 Å². The van der Waals surface area contributed by atoms with Crippen LogP contribution in [-0.4, -0.2) is 24.3 Å². The largest absolute Gasteiger partial charge is 0.323 e. The number of fused-ring (bicyclic) bond motifs is 1. The van der Waals surface area contributed by atoms with Crippen molar-refractivity contribution in [3.05, 3.63) is 97.0 Å². The lowest BCUT2D eigenvalue weighted by Gasteiger charge is -2.07. The molecule has 0 aliphatic carbocycles. The number of carbonyl (C=O) groups is 1. The van der Waals surface area contributed by atoms with Gasteiger partial charge in [0.2, 0.25) is 15.7 Å². The quantitative estimate of drug-likeness (QED) is 0.496. The minimum Gasteiger partial charge on any atom is -0.323 e. The highest BCUT2D eigenvalue weighted by Gasteiger charge is 2.18. The monoisotopic (exact) mass is 415 g/mol. The molecule has 6 nitrogen and oxygen atoms in total. The smallest absolute Gasteiger partial charge is 0.248 e. The Kier molecular flexibility index (Phi) is 5.36. The number of benzene rings is 2. The van der Waals surface area contributed by atoms with Crippen molar-refractivity contribution in [2.24, 2.45) is 0 Å². The zero-order chi connectivity index (χ0) is 21.0. The topological polar surface area (TPSA) is 89.0 Å². The molecule has 0 radical (unpaired) electrons. The predicted octanol–water partition coefficient (Wildman–Crippen LogP) is 4.11. The van der Waals surface area contributed by atoms with Gasteiger partial charge in [0.25, 0.3) is 0 Å². The van der Waals surface area contributed by atoms with Crippen LogP contribution in [0, 0.1) is 0 Å². The van der Waals surface area contributed by atoms with Gasteiger partial charge in [0.15, 0.2) is 0 Å². The number of carbonyl (C=O) groups excluding carboxylic acids is 1. The van der Waals surface area contributed by atoms with Crippen LogP contribution in [0.4, 0.5) is 5.69 Å². The fourth-order valence-electron chi connectivity index (χ4n) is 2.88. The highest BCUT2D eigenvalue weighted by molar-refractivity contribution is 7.91. The summed E-state index contributed by atoms with van der Waals surface area (Å²) < 4.78 is 25.9. The van der Waals surface area contributed by atoms with E-state index in [1.54, 1.807) is 42.7 Å². The molecule has 1 N–H and O–H groups in total. The van der Waals surface area contributed by atoms with E-state index in [0.29, 0.717) is 5.69 Å². The summed E-state index contributed by atoms with van der Waals surface area (Å²) in [6, 6.07) is 18.6. The molecule has 2 heterocycles. The van der Waals surface area contributed by atoms with Crippen LogP contribution in [-0.2, 0) is 14.6 Å². The number of aromatic nitrogens is 2. The predicted molar refractivity (Wildman–Crippen MR) is 116 cm³/mol. The first-order valence-electron chi connectivity index (χ1n) is 9.11. The Balaban J connectivity index is 1.50. The number of anilines is 1. The van der Waals surface area contributed by atoms with Crippen LogP contribution in [0.25, 0.3) is 17.0 Å². The zero-order valence-electron chi connectivity index (χ0n) is 15.8. The molecule has 30 heavy (non-hydrogen) atoms. The van der Waals surface area contributed by atoms with Gasteiger partial charge in [-0.05, 0) is 54.1 Å². The summed E-state index contributed by atoms with van der Waals surface area (Å²) in [5.41, 5.74) is 2.03. The maximum absolute atomic E-state index is 12.9. The molecule has 0 aliphatic rings. The molecule has 0 saturated carbocycles. The molecule has 2 aromatic heterocycles. The molecule has 0 saturated heterocycles. The SMILES string of the molecule is O=C(C=Cc1cccnc1)Nc1ccc(S(=O)(=O)c2cnc3ccccc3c2)cc1. The molecule has 0 fully saturated rings. The average Bonchev–Trinajstić information content (AvgIpc) is 2.78. The standard InChI is InChI=1S/C23H17N3O3S/c27-23(12-7-17-4-3-13-24-15-17)26-19-8-10-20(11-9-19)30(28,29)21-14-18-5-1-2-6-22(18)25-16-21/h1-16H,(H,26,27). The summed E-state index contributed by atoms with van der Waals surface area (Å²) in [7, 11) is -3.72. The van der Waals surface area contributed by atoms with Crippen molar-refractivity contribution >= 4 is 38.4 Å². The number of nitrogens with zero attached hydrogens (tertiary/aromatic N) is 2. The van der Waals surface area contributed by atoms with Crippen LogP contribution in [0.1, 0.15) is 5.56 Å². The molecule has 0 spiro atoms. The van der Waals surface area contributed by atoms with Gasteiger partial charge >= 0.3 is 0 Å². The second-order valence-corrected chi connectivity index (χ2v) is 8.45. The van der Waals surface area contributed by atoms with E-state index < -0.39 is 9.84 Å². The van der Waals surface area contributed by atoms with E-state index in [1.807, 2.05) is 30.3 Å². The number of nitrogens with one attached hydrogen (secondary N) is 1. The molecular formula is C23H17N3O3S. The number of para-hydroxylation sites is 1. The third kappa shape index (κ3) is 4.26. The summed E-state index contributed by atoms with van der Waals surface area (Å²) in [4.78, 5) is 20.5. The molecule has 1 amide bonds. The van der Waals surface area contributed by atoms with Crippen molar-refractivity contribution in [3.63, 3.8) is 0 Å². The molecular weight excluding hydrogens is 398 g/mol. The van der Waals surface area contributed by atoms with Crippen LogP contribution >= 0.6 is 0 Å². The van der Waals surface area contributed by atoms with Gasteiger partial charge in [0.1, 0.15) is 0 Å². The lowest BCUT2D eigenvalue weighted by Crippen LogP contribution is -2.08. The van der Waals surface area contributed by atoms with Crippen LogP contribution in [0.3, 0.4) is 0 Å². The third-order valence-electron chi connectivity index (χ3n) is 4.42. The molecule has 4 aromatic rings. The third-order valence-corrected chi connectivity index (χ3v) is 6.16. The van der Waals surface area contributed by atoms with E-state index in [1.165, 1.54) is 24.4 Å². The van der Waals surface area contributed by atoms with Crippen molar-refractivity contribution in [2.75, 3.05) is 5.32 Å². The maximum atomic E-state index is 12.9. The van der Waals surface area contributed by atoms with Gasteiger partial charge in [-0.1, -0.05) is 24.3 Å². The van der Waals surface area contributed by atoms with Crippen molar-refractivity contribution < 1.29 is 13.2 Å². The van der Waals surface area contributed by atoms with Crippen molar-refractivity contribution in [2.45, 2.75) is 9.79 Å². The molecule has 2 aromatic carbocycles. The number of hydrogen-bond acceptors (Lipinski definition) is 5. The van der Waals surface area contributed by atoms with Crippen LogP contribution in [0.2, 0.25) is 0 Å². The van der Waals surface area contributed by atoms with Gasteiger partial charge in [-0.25, -0.2) is 8.42 Å². The first-order valence-corrected chi connectivity index (χ1v) is 10.6. The van der Waals surface area contributed by atoms with E-state index in [9.17, 15) is 13.2 Å². The summed E-state index contributed by atoms with van der Waals surface area (Å²) >= 11 is 0. The summed E-state index contributed by atoms with van der Waals surface area (Å²) in [6.07, 6.45) is 7.69. The molecule has 0 atom stereocenters. The number of pyridine rings is 2. The first kappa shape index (κ1) is 19.5. The van der Waals surface area contributed by atoms with E-state index >= 15 is 0 Å². The molecule has 0 unspecified atom stereocenters. The number of rotatable bonds is 5. The van der Waals surface area contributed by atoms with Crippen molar-refractivity contribution in [1.29, 1.82) is 0 Å². The highest BCUT2D eigenvalue weighted by Crippen LogP contribution is 2.24. The molecule has 0 aliphatic heterocycles. The number of amides is 1. The molecule has 4 rings (SSSR count). The second-order valence-electron chi connectivity index (χ2n) is 6.50. The van der Waals surface area contributed by atoms with Crippen LogP contribution < -0.4 is 5.32 Å². The fourth-order valence-corrected chi connectivity index (χ4v) is 4.12. The summed E-state index contributed by atoms with van der Waals surface area (Å²) in [5.74, 6) is -0.326. The minimum absolute atomic E-state index is 0.123. The normalized spacial score (nSPS) is 11.6. The summed E-state index contributed by atoms with van der Waals surface area (Å²) in [6.45, 7) is 0. The Hall–Kier alpha value is -3.84. The van der Waals surface area contributed by atoms with E-state index in [0.717, 1.165) is 16.5 Å². The van der Waals surface area contributed by atoms with E-state index in [-0.39, 0.29) is 15.7 Å². The van der Waals surface area contributed by atoms with Crippen molar-refractivity contribution in [1.82, 2.24) is 9.97 Å². The Morgan fingerprint density at radius 1 is 0.900 bits per heavy atom. The summed E-state index contributed by atoms with van der Waals surface area (Å²) in [5, 5.41) is 3.45. The Morgan fingerprint density at radius 2 is 1.70 bits per heavy atom. The van der Waals surface area contributed by atoms with Gasteiger partial charge in [-0.3, -0.25) is 14.8 Å². The van der Waals surface area contributed by atoms with Gasteiger partial charge in [-0.2, -0.15) is 0 Å². The zero-order valence-corrected chi connectivity index (χ0v) is 16.6. The molecule has 148 valence electrons.